The molecule has 0 bridgehead atoms. The Bertz CT molecular complexity index is 553. The van der Waals surface area contributed by atoms with E-state index in [0.29, 0.717) is 12.5 Å². The Morgan fingerprint density at radius 3 is 2.47 bits per heavy atom. The summed E-state index contributed by atoms with van der Waals surface area (Å²) >= 11 is 0. The zero-order valence-corrected chi connectivity index (χ0v) is 11.8. The molecule has 2 rings (SSSR count). The van der Waals surface area contributed by atoms with E-state index >= 15 is 0 Å². The van der Waals surface area contributed by atoms with Crippen LogP contribution in [0.2, 0.25) is 0 Å². The molecule has 3 heteroatoms. The number of nitrogens with one attached hydrogen (secondary N) is 1. The van der Waals surface area contributed by atoms with Gasteiger partial charge in [0.1, 0.15) is 5.75 Å². The molecule has 0 amide bonds. The molecule has 0 radical (unpaired) electrons. The maximum atomic E-state index is 5.78. The van der Waals surface area contributed by atoms with Crippen molar-refractivity contribution in [2.45, 2.75) is 13.0 Å². The van der Waals surface area contributed by atoms with Gasteiger partial charge in [0.25, 0.3) is 0 Å². The molecular formula is C16H22N2O. The highest BCUT2D eigenvalue weighted by Crippen LogP contribution is 2.27. The molecule has 2 atom stereocenters. The van der Waals surface area contributed by atoms with Crippen LogP contribution in [-0.2, 0) is 0 Å². The summed E-state index contributed by atoms with van der Waals surface area (Å²) in [4.78, 5) is 0. The van der Waals surface area contributed by atoms with Gasteiger partial charge in [-0.15, -0.1) is 0 Å². The van der Waals surface area contributed by atoms with E-state index in [2.05, 4.69) is 42.6 Å². The zero-order chi connectivity index (χ0) is 13.8. The fourth-order valence-electron chi connectivity index (χ4n) is 2.48. The number of rotatable bonds is 5. The smallest absolute Gasteiger partial charge is 0.119 e. The second-order valence-electron chi connectivity index (χ2n) is 4.95. The van der Waals surface area contributed by atoms with Crippen LogP contribution < -0.4 is 15.8 Å². The van der Waals surface area contributed by atoms with Gasteiger partial charge in [0.2, 0.25) is 0 Å². The highest BCUT2D eigenvalue weighted by atomic mass is 16.5. The number of methoxy groups -OCH3 is 1. The van der Waals surface area contributed by atoms with Crippen LogP contribution in [0.25, 0.3) is 10.8 Å². The van der Waals surface area contributed by atoms with Crippen LogP contribution in [0.15, 0.2) is 36.4 Å². The third-order valence-electron chi connectivity index (χ3n) is 3.68. The van der Waals surface area contributed by atoms with Gasteiger partial charge in [0, 0.05) is 6.04 Å². The summed E-state index contributed by atoms with van der Waals surface area (Å²) in [7, 11) is 3.67. The van der Waals surface area contributed by atoms with E-state index in [1.54, 1.807) is 7.11 Å². The topological polar surface area (TPSA) is 47.3 Å². The lowest BCUT2D eigenvalue weighted by Crippen LogP contribution is -2.28. The van der Waals surface area contributed by atoms with Gasteiger partial charge in [-0.1, -0.05) is 25.1 Å². The van der Waals surface area contributed by atoms with Crippen molar-refractivity contribution in [1.29, 1.82) is 0 Å². The van der Waals surface area contributed by atoms with Gasteiger partial charge in [0.05, 0.1) is 7.11 Å². The van der Waals surface area contributed by atoms with E-state index in [0.717, 1.165) is 5.75 Å². The van der Waals surface area contributed by atoms with Crippen molar-refractivity contribution in [2.24, 2.45) is 11.7 Å². The van der Waals surface area contributed by atoms with E-state index in [1.807, 2.05) is 13.1 Å². The monoisotopic (exact) mass is 258 g/mol. The normalized spacial score (nSPS) is 14.3. The molecule has 102 valence electrons. The van der Waals surface area contributed by atoms with Gasteiger partial charge < -0.3 is 15.8 Å². The van der Waals surface area contributed by atoms with Gasteiger partial charge in [-0.2, -0.15) is 0 Å². The Hall–Kier alpha value is -1.58. The van der Waals surface area contributed by atoms with Gasteiger partial charge >= 0.3 is 0 Å². The zero-order valence-electron chi connectivity index (χ0n) is 11.8. The molecular weight excluding hydrogens is 236 g/mol. The molecule has 2 aromatic rings. The fraction of sp³-hybridized carbons (Fsp3) is 0.375. The van der Waals surface area contributed by atoms with Crippen molar-refractivity contribution >= 4 is 10.8 Å². The molecule has 0 saturated carbocycles. The van der Waals surface area contributed by atoms with E-state index in [-0.39, 0.29) is 6.04 Å². The molecule has 3 N–H and O–H groups in total. The first-order chi connectivity index (χ1) is 9.19. The lowest BCUT2D eigenvalue weighted by Gasteiger charge is -2.23. The van der Waals surface area contributed by atoms with Gasteiger partial charge in [-0.05, 0) is 54.0 Å². The first-order valence-corrected chi connectivity index (χ1v) is 6.64. The molecule has 0 heterocycles. The molecule has 0 aliphatic heterocycles. The fourth-order valence-corrected chi connectivity index (χ4v) is 2.48. The summed E-state index contributed by atoms with van der Waals surface area (Å²) in [5.74, 6) is 1.29. The average molecular weight is 258 g/mol. The second kappa shape index (κ2) is 6.04. The minimum absolute atomic E-state index is 0.288. The van der Waals surface area contributed by atoms with E-state index in [1.165, 1.54) is 16.3 Å². The Balaban J connectivity index is 2.40. The summed E-state index contributed by atoms with van der Waals surface area (Å²) in [6.45, 7) is 2.84. The standard InChI is InChI=1S/C16H22N2O/c1-11(10-17)16(18-2)14-5-4-13-9-15(19-3)7-6-12(13)8-14/h4-9,11,16,18H,10,17H2,1-3H3. The molecule has 0 aliphatic carbocycles. The predicted octanol–water partition coefficient (Wildman–Crippen LogP) is 2.70. The van der Waals surface area contributed by atoms with Crippen LogP contribution in [-0.4, -0.2) is 20.7 Å². The van der Waals surface area contributed by atoms with E-state index in [9.17, 15) is 0 Å². The number of nitrogens with two attached hydrogens (primary N) is 1. The Morgan fingerprint density at radius 2 is 1.84 bits per heavy atom. The molecule has 19 heavy (non-hydrogen) atoms. The van der Waals surface area contributed by atoms with Crippen molar-refractivity contribution in [1.82, 2.24) is 5.32 Å². The molecule has 0 fully saturated rings. The third-order valence-corrected chi connectivity index (χ3v) is 3.68. The number of hydrogen-bond donors (Lipinski definition) is 2. The Kier molecular flexibility index (Phi) is 4.40. The maximum absolute atomic E-state index is 5.78. The van der Waals surface area contributed by atoms with Crippen LogP contribution >= 0.6 is 0 Å². The van der Waals surface area contributed by atoms with Crippen LogP contribution in [0.4, 0.5) is 0 Å². The number of ether oxygens (including phenoxy) is 1. The minimum Gasteiger partial charge on any atom is -0.497 e. The second-order valence-corrected chi connectivity index (χ2v) is 4.95. The Labute approximate surface area is 114 Å². The largest absolute Gasteiger partial charge is 0.497 e. The molecule has 0 saturated heterocycles. The molecule has 0 spiro atoms. The first kappa shape index (κ1) is 13.8. The Morgan fingerprint density at radius 1 is 1.16 bits per heavy atom. The van der Waals surface area contributed by atoms with Crippen molar-refractivity contribution < 1.29 is 4.74 Å². The maximum Gasteiger partial charge on any atom is 0.119 e. The molecule has 3 nitrogen and oxygen atoms in total. The average Bonchev–Trinajstić information content (AvgIpc) is 2.47. The van der Waals surface area contributed by atoms with Crippen molar-refractivity contribution in [2.75, 3.05) is 20.7 Å². The van der Waals surface area contributed by atoms with Crippen molar-refractivity contribution in [3.8, 4) is 5.75 Å². The predicted molar refractivity (Wildman–Crippen MR) is 80.5 cm³/mol. The summed E-state index contributed by atoms with van der Waals surface area (Å²) in [6, 6.07) is 13.0. The highest BCUT2D eigenvalue weighted by molar-refractivity contribution is 5.84. The number of fused-ring (bicyclic) bond motifs is 1. The number of hydrogen-bond acceptors (Lipinski definition) is 3. The highest BCUT2D eigenvalue weighted by Gasteiger charge is 2.16. The molecule has 2 unspecified atom stereocenters. The van der Waals surface area contributed by atoms with E-state index in [4.69, 9.17) is 10.5 Å². The van der Waals surface area contributed by atoms with Crippen molar-refractivity contribution in [3.63, 3.8) is 0 Å². The molecule has 0 aliphatic rings. The summed E-state index contributed by atoms with van der Waals surface area (Å²) in [5, 5.41) is 5.77. The van der Waals surface area contributed by atoms with Crippen LogP contribution in [0.5, 0.6) is 5.75 Å². The minimum atomic E-state index is 0.288. The summed E-state index contributed by atoms with van der Waals surface area (Å²) in [5.41, 5.74) is 7.06. The van der Waals surface area contributed by atoms with Gasteiger partial charge in [-0.25, -0.2) is 0 Å². The van der Waals surface area contributed by atoms with E-state index < -0.39 is 0 Å². The van der Waals surface area contributed by atoms with Gasteiger partial charge in [-0.3, -0.25) is 0 Å². The molecule has 2 aromatic carbocycles. The van der Waals surface area contributed by atoms with Crippen LogP contribution in [0.3, 0.4) is 0 Å². The van der Waals surface area contributed by atoms with Crippen LogP contribution in [0.1, 0.15) is 18.5 Å². The number of benzene rings is 2. The quantitative estimate of drug-likeness (QED) is 0.867. The third kappa shape index (κ3) is 2.88. The molecule has 0 aromatic heterocycles. The first-order valence-electron chi connectivity index (χ1n) is 6.64. The van der Waals surface area contributed by atoms with Crippen LogP contribution in [0, 0.1) is 5.92 Å². The lowest BCUT2D eigenvalue weighted by molar-refractivity contribution is 0.415. The lowest BCUT2D eigenvalue weighted by atomic mass is 9.93. The van der Waals surface area contributed by atoms with Gasteiger partial charge in [0.15, 0.2) is 0 Å². The summed E-state index contributed by atoms with van der Waals surface area (Å²) < 4.78 is 5.25. The summed E-state index contributed by atoms with van der Waals surface area (Å²) in [6.07, 6.45) is 0. The SMILES string of the molecule is CNC(c1ccc2cc(OC)ccc2c1)C(C)CN. The van der Waals surface area contributed by atoms with Crippen molar-refractivity contribution in [3.05, 3.63) is 42.0 Å².